The second kappa shape index (κ2) is 8.59. The Bertz CT molecular complexity index is 854. The predicted molar refractivity (Wildman–Crippen MR) is 111 cm³/mol. The Morgan fingerprint density at radius 2 is 1.46 bits per heavy atom. The summed E-state index contributed by atoms with van der Waals surface area (Å²) in [7, 11) is 0. The van der Waals surface area contributed by atoms with Gasteiger partial charge in [0.2, 0.25) is 0 Å². The number of nitrogens with zero attached hydrogens (tertiary/aromatic N) is 1. The zero-order valence-electron chi connectivity index (χ0n) is 15.5. The second-order valence-corrected chi connectivity index (χ2v) is 6.75. The SMILES string of the molecule is Cc1cccc(C(C)N=C(CC(N)c2ccccc2)c2ccccc2)c1. The summed E-state index contributed by atoms with van der Waals surface area (Å²) in [4.78, 5) is 5.06. The van der Waals surface area contributed by atoms with E-state index in [-0.39, 0.29) is 12.1 Å². The Hall–Kier alpha value is -2.71. The molecule has 2 N–H and O–H groups in total. The molecule has 3 rings (SSSR count). The lowest BCUT2D eigenvalue weighted by Crippen LogP contribution is -2.17. The normalized spacial score (nSPS) is 14.0. The van der Waals surface area contributed by atoms with Gasteiger partial charge in [-0.1, -0.05) is 90.5 Å². The molecule has 0 bridgehead atoms. The average Bonchev–Trinajstić information content (AvgIpc) is 2.68. The minimum atomic E-state index is -0.0696. The van der Waals surface area contributed by atoms with Crippen molar-refractivity contribution in [1.29, 1.82) is 0 Å². The van der Waals surface area contributed by atoms with Crippen LogP contribution in [0, 0.1) is 6.92 Å². The van der Waals surface area contributed by atoms with Gasteiger partial charge in [0.25, 0.3) is 0 Å². The van der Waals surface area contributed by atoms with E-state index in [4.69, 9.17) is 10.7 Å². The van der Waals surface area contributed by atoms with Gasteiger partial charge in [0, 0.05) is 18.2 Å². The molecule has 132 valence electrons. The van der Waals surface area contributed by atoms with Crippen LogP contribution in [0.2, 0.25) is 0 Å². The van der Waals surface area contributed by atoms with Crippen LogP contribution in [0.3, 0.4) is 0 Å². The monoisotopic (exact) mass is 342 g/mol. The third-order valence-electron chi connectivity index (χ3n) is 4.62. The molecule has 0 amide bonds. The lowest BCUT2D eigenvalue weighted by Gasteiger charge is -2.17. The van der Waals surface area contributed by atoms with Crippen LogP contribution in [0.4, 0.5) is 0 Å². The second-order valence-electron chi connectivity index (χ2n) is 6.75. The molecule has 26 heavy (non-hydrogen) atoms. The van der Waals surface area contributed by atoms with Crippen molar-refractivity contribution in [2.45, 2.75) is 32.4 Å². The minimum Gasteiger partial charge on any atom is -0.324 e. The van der Waals surface area contributed by atoms with Gasteiger partial charge in [0.05, 0.1) is 6.04 Å². The van der Waals surface area contributed by atoms with Crippen LogP contribution in [0.1, 0.15) is 47.7 Å². The highest BCUT2D eigenvalue weighted by Crippen LogP contribution is 2.23. The lowest BCUT2D eigenvalue weighted by atomic mass is 9.97. The van der Waals surface area contributed by atoms with Crippen LogP contribution in [0.5, 0.6) is 0 Å². The van der Waals surface area contributed by atoms with Gasteiger partial charge >= 0.3 is 0 Å². The fraction of sp³-hybridized carbons (Fsp3) is 0.208. The summed E-state index contributed by atoms with van der Waals surface area (Å²) in [5.41, 5.74) is 12.3. The first-order valence-electron chi connectivity index (χ1n) is 9.12. The standard InChI is InChI=1S/C24H26N2/c1-18-10-9-15-22(16-18)19(2)26-24(21-13-7-4-8-14-21)17-23(25)20-11-5-3-6-12-20/h3-16,19,23H,17,25H2,1-2H3. The number of aliphatic imine (C=N–C) groups is 1. The van der Waals surface area contributed by atoms with Crippen molar-refractivity contribution >= 4 is 5.71 Å². The van der Waals surface area contributed by atoms with E-state index in [9.17, 15) is 0 Å². The maximum Gasteiger partial charge on any atom is 0.0724 e. The van der Waals surface area contributed by atoms with Gasteiger partial charge in [-0.2, -0.15) is 0 Å². The zero-order valence-corrected chi connectivity index (χ0v) is 15.5. The first-order valence-corrected chi connectivity index (χ1v) is 9.12. The summed E-state index contributed by atoms with van der Waals surface area (Å²) in [5.74, 6) is 0. The molecule has 3 aromatic carbocycles. The van der Waals surface area contributed by atoms with Crippen molar-refractivity contribution in [3.63, 3.8) is 0 Å². The van der Waals surface area contributed by atoms with Crippen molar-refractivity contribution in [3.05, 3.63) is 107 Å². The van der Waals surface area contributed by atoms with E-state index >= 15 is 0 Å². The molecule has 2 atom stereocenters. The van der Waals surface area contributed by atoms with E-state index in [1.54, 1.807) is 0 Å². The molecule has 0 heterocycles. The van der Waals surface area contributed by atoms with Gasteiger partial charge in [-0.15, -0.1) is 0 Å². The Morgan fingerprint density at radius 3 is 2.12 bits per heavy atom. The Balaban J connectivity index is 1.91. The van der Waals surface area contributed by atoms with Crippen molar-refractivity contribution in [2.75, 3.05) is 0 Å². The zero-order chi connectivity index (χ0) is 18.4. The third kappa shape index (κ3) is 4.68. The van der Waals surface area contributed by atoms with Crippen molar-refractivity contribution < 1.29 is 0 Å². The van der Waals surface area contributed by atoms with Gasteiger partial charge in [0.1, 0.15) is 0 Å². The highest BCUT2D eigenvalue weighted by molar-refractivity contribution is 6.01. The van der Waals surface area contributed by atoms with Crippen LogP contribution in [0.25, 0.3) is 0 Å². The van der Waals surface area contributed by atoms with E-state index in [0.29, 0.717) is 6.42 Å². The van der Waals surface area contributed by atoms with E-state index in [0.717, 1.165) is 16.8 Å². The van der Waals surface area contributed by atoms with E-state index < -0.39 is 0 Å². The topological polar surface area (TPSA) is 38.4 Å². The van der Waals surface area contributed by atoms with E-state index in [2.05, 4.69) is 74.5 Å². The molecule has 2 heteroatoms. The average molecular weight is 342 g/mol. The third-order valence-corrected chi connectivity index (χ3v) is 4.62. The summed E-state index contributed by atoms with van der Waals surface area (Å²) in [6, 6.07) is 29.2. The first-order chi connectivity index (χ1) is 12.6. The number of hydrogen-bond acceptors (Lipinski definition) is 2. The number of aryl methyl sites for hydroxylation is 1. The number of nitrogens with two attached hydrogens (primary N) is 1. The molecule has 2 nitrogen and oxygen atoms in total. The van der Waals surface area contributed by atoms with E-state index in [1.165, 1.54) is 11.1 Å². The summed E-state index contributed by atoms with van der Waals surface area (Å²) in [5, 5.41) is 0. The summed E-state index contributed by atoms with van der Waals surface area (Å²) >= 11 is 0. The van der Waals surface area contributed by atoms with Gasteiger partial charge in [-0.25, -0.2) is 0 Å². The highest BCUT2D eigenvalue weighted by atomic mass is 14.8. The molecule has 0 aliphatic carbocycles. The summed E-state index contributed by atoms with van der Waals surface area (Å²) in [6.07, 6.45) is 0.712. The van der Waals surface area contributed by atoms with Crippen LogP contribution < -0.4 is 5.73 Å². The molecule has 2 unspecified atom stereocenters. The lowest BCUT2D eigenvalue weighted by molar-refractivity contribution is 0.745. The van der Waals surface area contributed by atoms with Crippen LogP contribution in [0.15, 0.2) is 89.9 Å². The molecule has 3 aromatic rings. The fourth-order valence-electron chi connectivity index (χ4n) is 3.14. The van der Waals surface area contributed by atoms with Crippen LogP contribution in [-0.2, 0) is 0 Å². The Labute approximate surface area is 156 Å². The van der Waals surface area contributed by atoms with E-state index in [1.807, 2.05) is 24.3 Å². The Kier molecular flexibility index (Phi) is 5.98. The highest BCUT2D eigenvalue weighted by Gasteiger charge is 2.14. The number of benzene rings is 3. The van der Waals surface area contributed by atoms with Crippen LogP contribution >= 0.6 is 0 Å². The molecule has 0 fully saturated rings. The molecular formula is C24H26N2. The molecule has 0 spiro atoms. The smallest absolute Gasteiger partial charge is 0.0724 e. The molecule has 0 aliphatic rings. The number of rotatable bonds is 6. The van der Waals surface area contributed by atoms with Gasteiger partial charge in [-0.05, 0) is 30.5 Å². The molecule has 0 saturated heterocycles. The Morgan fingerprint density at radius 1 is 0.846 bits per heavy atom. The van der Waals surface area contributed by atoms with Crippen molar-refractivity contribution in [2.24, 2.45) is 10.7 Å². The quantitative estimate of drug-likeness (QED) is 0.579. The molecule has 0 aromatic heterocycles. The van der Waals surface area contributed by atoms with Crippen LogP contribution in [-0.4, -0.2) is 5.71 Å². The first kappa shape index (κ1) is 18.1. The van der Waals surface area contributed by atoms with Crippen molar-refractivity contribution in [3.8, 4) is 0 Å². The summed E-state index contributed by atoms with van der Waals surface area (Å²) in [6.45, 7) is 4.26. The van der Waals surface area contributed by atoms with Gasteiger partial charge < -0.3 is 5.73 Å². The van der Waals surface area contributed by atoms with Gasteiger partial charge in [-0.3, -0.25) is 4.99 Å². The molecule has 0 saturated carbocycles. The molecule has 0 aliphatic heterocycles. The molecular weight excluding hydrogens is 316 g/mol. The van der Waals surface area contributed by atoms with Gasteiger partial charge in [0.15, 0.2) is 0 Å². The predicted octanol–water partition coefficient (Wildman–Crippen LogP) is 5.64. The number of hydrogen-bond donors (Lipinski definition) is 1. The largest absolute Gasteiger partial charge is 0.324 e. The molecule has 0 radical (unpaired) electrons. The summed E-state index contributed by atoms with van der Waals surface area (Å²) < 4.78 is 0. The fourth-order valence-corrected chi connectivity index (χ4v) is 3.14. The van der Waals surface area contributed by atoms with Crippen molar-refractivity contribution in [1.82, 2.24) is 0 Å². The maximum absolute atomic E-state index is 6.49. The maximum atomic E-state index is 6.49. The minimum absolute atomic E-state index is 0.0696.